The summed E-state index contributed by atoms with van der Waals surface area (Å²) in [5.41, 5.74) is 3.51. The fraction of sp³-hybridized carbons (Fsp3) is 0.182. The Morgan fingerprint density at radius 2 is 1.90 bits per heavy atom. The van der Waals surface area contributed by atoms with Gasteiger partial charge in [0.2, 0.25) is 0 Å². The van der Waals surface area contributed by atoms with Crippen molar-refractivity contribution in [2.75, 3.05) is 12.4 Å². The summed E-state index contributed by atoms with van der Waals surface area (Å²) in [6, 6.07) is 11.9. The maximum Gasteiger partial charge on any atom is 0.359 e. The van der Waals surface area contributed by atoms with Gasteiger partial charge in [-0.25, -0.2) is 4.79 Å². The predicted molar refractivity (Wildman–Crippen MR) is 112 cm³/mol. The van der Waals surface area contributed by atoms with Crippen LogP contribution in [0.4, 0.5) is 5.69 Å². The van der Waals surface area contributed by atoms with Crippen LogP contribution < -0.4 is 10.1 Å². The highest BCUT2D eigenvalue weighted by atomic mass is 16.5. The largest absolute Gasteiger partial charge is 0.489 e. The number of anilines is 1. The lowest BCUT2D eigenvalue weighted by atomic mass is 10.1. The highest BCUT2D eigenvalue weighted by Gasteiger charge is 2.16. The van der Waals surface area contributed by atoms with E-state index >= 15 is 0 Å². The molecule has 0 saturated heterocycles. The number of hydrogen-bond acceptors (Lipinski definition) is 7. The van der Waals surface area contributed by atoms with Gasteiger partial charge in [0.1, 0.15) is 18.1 Å². The number of ether oxygens (including phenoxy) is 2. The highest BCUT2D eigenvalue weighted by molar-refractivity contribution is 6.07. The van der Waals surface area contributed by atoms with E-state index in [9.17, 15) is 9.59 Å². The molecule has 0 unspecified atom stereocenters. The minimum absolute atomic E-state index is 0.161. The molecule has 0 aliphatic heterocycles. The minimum atomic E-state index is -0.554. The molecule has 1 amide bonds. The summed E-state index contributed by atoms with van der Waals surface area (Å²) < 4.78 is 15.6. The monoisotopic (exact) mass is 420 g/mol. The van der Waals surface area contributed by atoms with Gasteiger partial charge in [-0.1, -0.05) is 5.16 Å². The zero-order valence-electron chi connectivity index (χ0n) is 17.2. The lowest BCUT2D eigenvalue weighted by Crippen LogP contribution is -2.11. The quantitative estimate of drug-likeness (QED) is 0.456. The predicted octanol–water partition coefficient (Wildman–Crippen LogP) is 3.79. The van der Waals surface area contributed by atoms with Crippen LogP contribution in [0.25, 0.3) is 10.9 Å². The average molecular weight is 420 g/mol. The molecule has 31 heavy (non-hydrogen) atoms. The number of nitrogens with zero attached hydrogens (tertiary/aromatic N) is 2. The molecule has 0 aliphatic rings. The van der Waals surface area contributed by atoms with Gasteiger partial charge in [0.15, 0.2) is 5.69 Å². The number of carbonyl (C=O) groups is 2. The SMILES string of the molecule is COC(=O)c1n[nH]c2ccc(NC(=O)c3ccc(OCc4c(C)noc4C)cc3)cc12. The highest BCUT2D eigenvalue weighted by Crippen LogP contribution is 2.22. The van der Waals surface area contributed by atoms with Gasteiger partial charge in [-0.3, -0.25) is 9.89 Å². The van der Waals surface area contributed by atoms with E-state index in [0.29, 0.717) is 34.5 Å². The molecule has 0 saturated carbocycles. The number of aromatic nitrogens is 3. The number of rotatable bonds is 6. The molecule has 4 aromatic rings. The molecular weight excluding hydrogens is 400 g/mol. The number of aryl methyl sites for hydroxylation is 2. The Labute approximate surface area is 177 Å². The summed E-state index contributed by atoms with van der Waals surface area (Å²) in [6.07, 6.45) is 0. The number of benzene rings is 2. The first kappa shape index (κ1) is 20.1. The fourth-order valence-electron chi connectivity index (χ4n) is 3.11. The van der Waals surface area contributed by atoms with Gasteiger partial charge in [-0.2, -0.15) is 5.10 Å². The number of amides is 1. The molecule has 9 heteroatoms. The maximum atomic E-state index is 12.6. The number of nitrogens with one attached hydrogen (secondary N) is 2. The number of methoxy groups -OCH3 is 1. The van der Waals surface area contributed by atoms with Crippen molar-refractivity contribution in [2.24, 2.45) is 0 Å². The zero-order valence-corrected chi connectivity index (χ0v) is 17.2. The molecule has 2 aromatic heterocycles. The van der Waals surface area contributed by atoms with E-state index in [1.165, 1.54) is 7.11 Å². The molecule has 0 aliphatic carbocycles. The van der Waals surface area contributed by atoms with Gasteiger partial charge < -0.3 is 19.3 Å². The topological polar surface area (TPSA) is 119 Å². The smallest absolute Gasteiger partial charge is 0.359 e. The van der Waals surface area contributed by atoms with Crippen LogP contribution in [0.15, 0.2) is 47.0 Å². The summed E-state index contributed by atoms with van der Waals surface area (Å²) in [5.74, 6) is 0.499. The number of aromatic amines is 1. The number of H-pyrrole nitrogens is 1. The van der Waals surface area contributed by atoms with Gasteiger partial charge in [-0.15, -0.1) is 0 Å². The Kier molecular flexibility index (Phi) is 5.40. The first-order valence-corrected chi connectivity index (χ1v) is 9.48. The third-order valence-electron chi connectivity index (χ3n) is 4.88. The number of carbonyl (C=O) groups excluding carboxylic acids is 2. The lowest BCUT2D eigenvalue weighted by Gasteiger charge is -2.08. The number of fused-ring (bicyclic) bond motifs is 1. The van der Waals surface area contributed by atoms with Crippen molar-refractivity contribution in [2.45, 2.75) is 20.5 Å². The second-order valence-corrected chi connectivity index (χ2v) is 6.89. The van der Waals surface area contributed by atoms with Crippen molar-refractivity contribution >= 4 is 28.5 Å². The second kappa shape index (κ2) is 8.31. The second-order valence-electron chi connectivity index (χ2n) is 6.89. The summed E-state index contributed by atoms with van der Waals surface area (Å²) in [5, 5.41) is 14.0. The van der Waals surface area contributed by atoms with E-state index in [0.717, 1.165) is 17.0 Å². The summed E-state index contributed by atoms with van der Waals surface area (Å²) in [7, 11) is 1.29. The minimum Gasteiger partial charge on any atom is -0.489 e. The van der Waals surface area contributed by atoms with Crippen molar-refractivity contribution in [3.05, 3.63) is 70.7 Å². The van der Waals surface area contributed by atoms with Crippen LogP contribution in [-0.2, 0) is 11.3 Å². The Hall–Kier alpha value is -4.14. The van der Waals surface area contributed by atoms with Crippen LogP contribution >= 0.6 is 0 Å². The first-order chi connectivity index (χ1) is 15.0. The van der Waals surface area contributed by atoms with Gasteiger partial charge in [0, 0.05) is 16.6 Å². The summed E-state index contributed by atoms with van der Waals surface area (Å²) in [6.45, 7) is 4.03. The number of hydrogen-bond donors (Lipinski definition) is 2. The molecule has 2 aromatic carbocycles. The molecule has 2 heterocycles. The Balaban J connectivity index is 1.44. The van der Waals surface area contributed by atoms with Crippen LogP contribution in [0.1, 0.15) is 37.9 Å². The van der Waals surface area contributed by atoms with Crippen LogP contribution in [0.5, 0.6) is 5.75 Å². The molecular formula is C22H20N4O5. The zero-order chi connectivity index (χ0) is 22.0. The van der Waals surface area contributed by atoms with Crippen molar-refractivity contribution in [3.63, 3.8) is 0 Å². The van der Waals surface area contributed by atoms with Crippen molar-refractivity contribution in [1.29, 1.82) is 0 Å². The standard InChI is InChI=1S/C22H20N4O5/c1-12-18(13(2)31-26-12)11-30-16-7-4-14(5-8-16)21(27)23-15-6-9-19-17(10-15)20(25-24-19)22(28)29-3/h4-10H,11H2,1-3H3,(H,23,27)(H,24,25). The van der Waals surface area contributed by atoms with Crippen LogP contribution in [-0.4, -0.2) is 34.3 Å². The first-order valence-electron chi connectivity index (χ1n) is 9.48. The normalized spacial score (nSPS) is 10.8. The van der Waals surface area contributed by atoms with E-state index < -0.39 is 5.97 Å². The maximum absolute atomic E-state index is 12.6. The Morgan fingerprint density at radius 1 is 1.13 bits per heavy atom. The summed E-state index contributed by atoms with van der Waals surface area (Å²) in [4.78, 5) is 24.4. The third-order valence-corrected chi connectivity index (χ3v) is 4.88. The van der Waals surface area contributed by atoms with Gasteiger partial charge >= 0.3 is 5.97 Å². The molecule has 0 atom stereocenters. The number of esters is 1. The van der Waals surface area contributed by atoms with Crippen molar-refractivity contribution in [1.82, 2.24) is 15.4 Å². The van der Waals surface area contributed by atoms with E-state index in [-0.39, 0.29) is 11.6 Å². The van der Waals surface area contributed by atoms with Crippen LogP contribution in [0.3, 0.4) is 0 Å². The van der Waals surface area contributed by atoms with Crippen LogP contribution in [0, 0.1) is 13.8 Å². The molecule has 0 spiro atoms. The van der Waals surface area contributed by atoms with E-state index in [2.05, 4.69) is 20.7 Å². The Bertz CT molecular complexity index is 1240. The van der Waals surface area contributed by atoms with E-state index in [4.69, 9.17) is 14.0 Å². The van der Waals surface area contributed by atoms with Crippen molar-refractivity contribution < 1.29 is 23.6 Å². The fourth-order valence-corrected chi connectivity index (χ4v) is 3.11. The Morgan fingerprint density at radius 3 is 2.58 bits per heavy atom. The molecule has 0 radical (unpaired) electrons. The van der Waals surface area contributed by atoms with Gasteiger partial charge in [0.05, 0.1) is 23.9 Å². The molecule has 0 fully saturated rings. The average Bonchev–Trinajstić information content (AvgIpc) is 3.34. The molecule has 4 rings (SSSR count). The molecule has 9 nitrogen and oxygen atoms in total. The molecule has 158 valence electrons. The summed E-state index contributed by atoms with van der Waals surface area (Å²) >= 11 is 0. The molecule has 2 N–H and O–H groups in total. The van der Waals surface area contributed by atoms with E-state index in [1.807, 2.05) is 13.8 Å². The third kappa shape index (κ3) is 4.11. The molecule has 0 bridgehead atoms. The van der Waals surface area contributed by atoms with Gasteiger partial charge in [-0.05, 0) is 56.3 Å². The van der Waals surface area contributed by atoms with Gasteiger partial charge in [0.25, 0.3) is 5.91 Å². The van der Waals surface area contributed by atoms with Crippen LogP contribution in [0.2, 0.25) is 0 Å². The van der Waals surface area contributed by atoms with Crippen molar-refractivity contribution in [3.8, 4) is 5.75 Å². The van der Waals surface area contributed by atoms with E-state index in [1.54, 1.807) is 42.5 Å². The lowest BCUT2D eigenvalue weighted by molar-refractivity contribution is 0.0596.